The minimum absolute atomic E-state index is 0.562. The lowest BCUT2D eigenvalue weighted by atomic mass is 9.94. The minimum atomic E-state index is 0.562. The standard InChI is InChI=1S/C17H30/c1-5-8-15(3)16(4)9-6-7-10-17-12-11-14(2)13-17/h5,8,14-15,17H,4,6-7,9-13H2,1-3H3/b8-5-. The van der Waals surface area contributed by atoms with Crippen LogP contribution in [0.3, 0.4) is 0 Å². The van der Waals surface area contributed by atoms with Crippen molar-refractivity contribution in [2.45, 2.75) is 65.7 Å². The average Bonchev–Trinajstić information content (AvgIpc) is 2.70. The van der Waals surface area contributed by atoms with Crippen LogP contribution < -0.4 is 0 Å². The monoisotopic (exact) mass is 234 g/mol. The molecule has 98 valence electrons. The van der Waals surface area contributed by atoms with E-state index in [9.17, 15) is 0 Å². The number of hydrogen-bond donors (Lipinski definition) is 0. The molecule has 0 spiro atoms. The Morgan fingerprint density at radius 1 is 1.35 bits per heavy atom. The molecule has 3 unspecified atom stereocenters. The van der Waals surface area contributed by atoms with E-state index < -0.39 is 0 Å². The summed E-state index contributed by atoms with van der Waals surface area (Å²) in [6.07, 6.45) is 14.2. The molecule has 1 rings (SSSR count). The van der Waals surface area contributed by atoms with Crippen molar-refractivity contribution in [1.82, 2.24) is 0 Å². The zero-order valence-corrected chi connectivity index (χ0v) is 12.0. The van der Waals surface area contributed by atoms with Gasteiger partial charge in [-0.25, -0.2) is 0 Å². The molecule has 1 fully saturated rings. The molecule has 0 aromatic carbocycles. The van der Waals surface area contributed by atoms with E-state index in [2.05, 4.69) is 39.5 Å². The zero-order chi connectivity index (χ0) is 12.7. The molecule has 0 aliphatic heterocycles. The Morgan fingerprint density at radius 2 is 2.12 bits per heavy atom. The Morgan fingerprint density at radius 3 is 2.71 bits per heavy atom. The van der Waals surface area contributed by atoms with Crippen LogP contribution in [0.5, 0.6) is 0 Å². The highest BCUT2D eigenvalue weighted by atomic mass is 14.3. The van der Waals surface area contributed by atoms with E-state index in [0.717, 1.165) is 11.8 Å². The quantitative estimate of drug-likeness (QED) is 0.388. The third-order valence-corrected chi connectivity index (χ3v) is 4.29. The van der Waals surface area contributed by atoms with Gasteiger partial charge in [-0.15, -0.1) is 0 Å². The molecule has 0 heterocycles. The van der Waals surface area contributed by atoms with Crippen LogP contribution in [0, 0.1) is 17.8 Å². The molecule has 0 N–H and O–H groups in total. The van der Waals surface area contributed by atoms with Gasteiger partial charge in [0, 0.05) is 0 Å². The van der Waals surface area contributed by atoms with Gasteiger partial charge in [0.25, 0.3) is 0 Å². The van der Waals surface area contributed by atoms with Gasteiger partial charge in [-0.1, -0.05) is 63.8 Å². The Labute approximate surface area is 108 Å². The van der Waals surface area contributed by atoms with E-state index >= 15 is 0 Å². The summed E-state index contributed by atoms with van der Waals surface area (Å²) in [5.74, 6) is 2.59. The minimum Gasteiger partial charge on any atom is -0.0993 e. The number of rotatable bonds is 7. The van der Waals surface area contributed by atoms with E-state index in [1.807, 2.05) is 0 Å². The molecule has 17 heavy (non-hydrogen) atoms. The molecule has 0 aromatic rings. The number of allylic oxidation sites excluding steroid dienone is 3. The van der Waals surface area contributed by atoms with Gasteiger partial charge in [-0.05, 0) is 43.9 Å². The fraction of sp³-hybridized carbons (Fsp3) is 0.765. The summed E-state index contributed by atoms with van der Waals surface area (Å²) < 4.78 is 0. The molecule has 1 saturated carbocycles. The zero-order valence-electron chi connectivity index (χ0n) is 12.0. The summed E-state index contributed by atoms with van der Waals surface area (Å²) in [5.41, 5.74) is 1.41. The van der Waals surface area contributed by atoms with E-state index in [0.29, 0.717) is 5.92 Å². The van der Waals surface area contributed by atoms with Crippen molar-refractivity contribution < 1.29 is 0 Å². The summed E-state index contributed by atoms with van der Waals surface area (Å²) in [7, 11) is 0. The van der Waals surface area contributed by atoms with Crippen molar-refractivity contribution in [2.24, 2.45) is 17.8 Å². The largest absolute Gasteiger partial charge is 0.0993 e. The summed E-state index contributed by atoms with van der Waals surface area (Å²) in [5, 5.41) is 0. The van der Waals surface area contributed by atoms with Crippen LogP contribution in [-0.2, 0) is 0 Å². The van der Waals surface area contributed by atoms with Gasteiger partial charge in [0.1, 0.15) is 0 Å². The molecule has 0 heteroatoms. The van der Waals surface area contributed by atoms with Crippen LogP contribution in [-0.4, -0.2) is 0 Å². The van der Waals surface area contributed by atoms with Gasteiger partial charge in [0.05, 0.1) is 0 Å². The SMILES string of the molecule is C=C(CCCCC1CCC(C)C1)C(C)/C=C\C. The molecule has 1 aliphatic carbocycles. The third-order valence-electron chi connectivity index (χ3n) is 4.29. The molecule has 3 atom stereocenters. The second-order valence-electron chi connectivity index (χ2n) is 6.00. The van der Waals surface area contributed by atoms with E-state index in [1.165, 1.54) is 50.5 Å². The van der Waals surface area contributed by atoms with Crippen molar-refractivity contribution >= 4 is 0 Å². The summed E-state index contributed by atoms with van der Waals surface area (Å²) in [6, 6.07) is 0. The fourth-order valence-corrected chi connectivity index (χ4v) is 3.02. The predicted octanol–water partition coefficient (Wildman–Crippen LogP) is 5.75. The average molecular weight is 234 g/mol. The first-order chi connectivity index (χ1) is 8.13. The highest BCUT2D eigenvalue weighted by Crippen LogP contribution is 2.33. The molecular formula is C17H30. The predicted molar refractivity (Wildman–Crippen MR) is 78.1 cm³/mol. The lowest BCUT2D eigenvalue weighted by Crippen LogP contribution is -1.97. The topological polar surface area (TPSA) is 0 Å². The van der Waals surface area contributed by atoms with E-state index in [-0.39, 0.29) is 0 Å². The van der Waals surface area contributed by atoms with Gasteiger partial charge in [0.2, 0.25) is 0 Å². The number of unbranched alkanes of at least 4 members (excludes halogenated alkanes) is 1. The summed E-state index contributed by atoms with van der Waals surface area (Å²) >= 11 is 0. The molecule has 0 amide bonds. The van der Waals surface area contributed by atoms with Gasteiger partial charge < -0.3 is 0 Å². The van der Waals surface area contributed by atoms with Crippen LogP contribution in [0.4, 0.5) is 0 Å². The molecule has 0 radical (unpaired) electrons. The lowest BCUT2D eigenvalue weighted by molar-refractivity contribution is 0.454. The van der Waals surface area contributed by atoms with Gasteiger partial charge >= 0.3 is 0 Å². The first kappa shape index (κ1) is 14.5. The summed E-state index contributed by atoms with van der Waals surface area (Å²) in [4.78, 5) is 0. The maximum Gasteiger partial charge on any atom is -0.00545 e. The van der Waals surface area contributed by atoms with Crippen molar-refractivity contribution in [3.63, 3.8) is 0 Å². The van der Waals surface area contributed by atoms with Crippen LogP contribution in [0.25, 0.3) is 0 Å². The second kappa shape index (κ2) is 7.74. The normalized spacial score (nSPS) is 26.5. The smallest absolute Gasteiger partial charge is 0.00545 e. The molecule has 0 bridgehead atoms. The van der Waals surface area contributed by atoms with Crippen LogP contribution >= 0.6 is 0 Å². The maximum atomic E-state index is 4.20. The van der Waals surface area contributed by atoms with Crippen LogP contribution in [0.15, 0.2) is 24.3 Å². The van der Waals surface area contributed by atoms with Crippen molar-refractivity contribution in [1.29, 1.82) is 0 Å². The van der Waals surface area contributed by atoms with Crippen LogP contribution in [0.2, 0.25) is 0 Å². The second-order valence-corrected chi connectivity index (χ2v) is 6.00. The molecule has 0 nitrogen and oxygen atoms in total. The highest BCUT2D eigenvalue weighted by molar-refractivity contribution is 5.07. The van der Waals surface area contributed by atoms with E-state index in [4.69, 9.17) is 0 Å². The first-order valence-corrected chi connectivity index (χ1v) is 7.44. The fourth-order valence-electron chi connectivity index (χ4n) is 3.02. The number of hydrogen-bond acceptors (Lipinski definition) is 0. The molecule has 1 aliphatic rings. The van der Waals surface area contributed by atoms with Crippen molar-refractivity contribution in [2.75, 3.05) is 0 Å². The lowest BCUT2D eigenvalue weighted by Gasteiger charge is -2.12. The molecule has 0 saturated heterocycles. The summed E-state index contributed by atoms with van der Waals surface area (Å²) in [6.45, 7) is 10.9. The Kier molecular flexibility index (Phi) is 6.62. The van der Waals surface area contributed by atoms with Gasteiger partial charge in [-0.2, -0.15) is 0 Å². The van der Waals surface area contributed by atoms with Crippen molar-refractivity contribution in [3.8, 4) is 0 Å². The highest BCUT2D eigenvalue weighted by Gasteiger charge is 2.20. The Balaban J connectivity index is 2.06. The Hall–Kier alpha value is -0.520. The maximum absolute atomic E-state index is 4.20. The molecular weight excluding hydrogens is 204 g/mol. The van der Waals surface area contributed by atoms with Crippen molar-refractivity contribution in [3.05, 3.63) is 24.3 Å². The Bertz CT molecular complexity index is 249. The third kappa shape index (κ3) is 5.57. The van der Waals surface area contributed by atoms with Gasteiger partial charge in [-0.3, -0.25) is 0 Å². The van der Waals surface area contributed by atoms with E-state index in [1.54, 1.807) is 0 Å². The van der Waals surface area contributed by atoms with Gasteiger partial charge in [0.15, 0.2) is 0 Å². The first-order valence-electron chi connectivity index (χ1n) is 7.44. The molecule has 0 aromatic heterocycles. The van der Waals surface area contributed by atoms with Crippen LogP contribution in [0.1, 0.15) is 65.7 Å².